The molecule has 2 rings (SSSR count). The van der Waals surface area contributed by atoms with Crippen LogP contribution in [-0.4, -0.2) is 29.2 Å². The monoisotopic (exact) mass is 306 g/mol. The molecule has 0 aromatic heterocycles. The van der Waals surface area contributed by atoms with Gasteiger partial charge in [-0.15, -0.1) is 0 Å². The minimum absolute atomic E-state index is 0.112. The minimum atomic E-state index is -4.11. The maximum Gasteiger partial charge on any atom is 0.391 e. The number of rotatable bonds is 2. The van der Waals surface area contributed by atoms with E-state index >= 15 is 0 Å². The Morgan fingerprint density at radius 1 is 0.952 bits per heavy atom. The zero-order valence-electron chi connectivity index (χ0n) is 12.5. The van der Waals surface area contributed by atoms with Gasteiger partial charge in [0, 0.05) is 12.1 Å². The molecule has 2 aliphatic rings. The van der Waals surface area contributed by atoms with Crippen LogP contribution in [0.1, 0.15) is 58.3 Å². The zero-order valence-corrected chi connectivity index (χ0v) is 12.5. The number of hydrogen-bond acceptors (Lipinski definition) is 1. The second-order valence-electron chi connectivity index (χ2n) is 6.71. The maximum absolute atomic E-state index is 12.7. The smallest absolute Gasteiger partial charge is 0.351 e. The van der Waals surface area contributed by atoms with Gasteiger partial charge in [0.05, 0.1) is 5.92 Å². The summed E-state index contributed by atoms with van der Waals surface area (Å²) in [6.45, 7) is 2.19. The molecule has 0 aromatic rings. The van der Waals surface area contributed by atoms with E-state index < -0.39 is 18.1 Å². The van der Waals surface area contributed by atoms with Gasteiger partial charge in [-0.25, -0.2) is 4.79 Å². The van der Waals surface area contributed by atoms with Crippen molar-refractivity contribution in [1.29, 1.82) is 0 Å². The molecule has 0 radical (unpaired) electrons. The van der Waals surface area contributed by atoms with Crippen molar-refractivity contribution in [3.63, 3.8) is 0 Å². The average molecular weight is 306 g/mol. The molecule has 2 aliphatic carbocycles. The standard InChI is InChI=1S/C15H25F3N2O/c1-10-2-6-12(7-3-10)20(14(19)21)13-8-4-11(5-9-13)15(16,17)18/h10-13H,2-9H2,1H3,(H2,19,21). The first-order chi connectivity index (χ1) is 9.79. The molecular weight excluding hydrogens is 281 g/mol. The largest absolute Gasteiger partial charge is 0.391 e. The normalized spacial score (nSPS) is 34.5. The number of alkyl halides is 3. The van der Waals surface area contributed by atoms with Crippen LogP contribution in [0.15, 0.2) is 0 Å². The van der Waals surface area contributed by atoms with Gasteiger partial charge in [-0.1, -0.05) is 6.92 Å². The van der Waals surface area contributed by atoms with Crippen LogP contribution >= 0.6 is 0 Å². The summed E-state index contributed by atoms with van der Waals surface area (Å²) in [5, 5.41) is 0. The summed E-state index contributed by atoms with van der Waals surface area (Å²) >= 11 is 0. The highest BCUT2D eigenvalue weighted by Crippen LogP contribution is 2.40. The van der Waals surface area contributed by atoms with Crippen LogP contribution in [0.2, 0.25) is 0 Å². The number of carbonyl (C=O) groups excluding carboxylic acids is 1. The number of urea groups is 1. The third-order valence-corrected chi connectivity index (χ3v) is 5.19. The van der Waals surface area contributed by atoms with Gasteiger partial charge in [0.1, 0.15) is 0 Å². The second kappa shape index (κ2) is 6.44. The highest BCUT2D eigenvalue weighted by Gasteiger charge is 2.43. The fourth-order valence-electron chi connectivity index (χ4n) is 3.86. The van der Waals surface area contributed by atoms with Gasteiger partial charge in [-0.3, -0.25) is 0 Å². The molecule has 21 heavy (non-hydrogen) atoms. The molecule has 0 atom stereocenters. The fraction of sp³-hybridized carbons (Fsp3) is 0.933. The zero-order chi connectivity index (χ0) is 15.6. The summed E-state index contributed by atoms with van der Waals surface area (Å²) in [5.74, 6) is -0.549. The van der Waals surface area contributed by atoms with E-state index in [0.29, 0.717) is 18.8 Å². The van der Waals surface area contributed by atoms with Crippen LogP contribution in [0.3, 0.4) is 0 Å². The molecule has 0 aromatic carbocycles. The molecule has 3 nitrogen and oxygen atoms in total. The molecule has 0 heterocycles. The van der Waals surface area contributed by atoms with Gasteiger partial charge in [0.2, 0.25) is 0 Å². The van der Waals surface area contributed by atoms with Gasteiger partial charge in [-0.05, 0) is 57.3 Å². The Bertz CT molecular complexity index is 356. The van der Waals surface area contributed by atoms with Crippen molar-refractivity contribution in [1.82, 2.24) is 4.90 Å². The molecule has 6 heteroatoms. The molecule has 0 spiro atoms. The predicted molar refractivity (Wildman–Crippen MR) is 74.6 cm³/mol. The minimum Gasteiger partial charge on any atom is -0.351 e. The number of nitrogens with zero attached hydrogens (tertiary/aromatic N) is 1. The predicted octanol–water partition coefficient (Wildman–Crippen LogP) is 4.07. The van der Waals surface area contributed by atoms with E-state index in [1.165, 1.54) is 0 Å². The molecule has 0 unspecified atom stereocenters. The molecule has 2 amide bonds. The van der Waals surface area contributed by atoms with Crippen LogP contribution in [0, 0.1) is 11.8 Å². The summed E-state index contributed by atoms with van der Waals surface area (Å²) in [6.07, 6.45) is 0.911. The number of carbonyl (C=O) groups is 1. The van der Waals surface area contributed by atoms with Crippen molar-refractivity contribution in [3.05, 3.63) is 0 Å². The van der Waals surface area contributed by atoms with Gasteiger partial charge < -0.3 is 10.6 Å². The Morgan fingerprint density at radius 2 is 1.38 bits per heavy atom. The fourth-order valence-corrected chi connectivity index (χ4v) is 3.86. The number of nitrogens with two attached hydrogens (primary N) is 1. The number of primary amides is 1. The Kier molecular flexibility index (Phi) is 5.04. The first-order valence-corrected chi connectivity index (χ1v) is 7.93. The van der Waals surface area contributed by atoms with Gasteiger partial charge in [-0.2, -0.15) is 13.2 Å². The third-order valence-electron chi connectivity index (χ3n) is 5.19. The first kappa shape index (κ1) is 16.4. The molecule has 0 saturated heterocycles. The molecular formula is C15H25F3N2O. The van der Waals surface area contributed by atoms with E-state index in [9.17, 15) is 18.0 Å². The summed E-state index contributed by atoms with van der Waals surface area (Å²) < 4.78 is 38.2. The summed E-state index contributed by atoms with van der Waals surface area (Å²) in [4.78, 5) is 13.5. The molecule has 2 N–H and O–H groups in total. The van der Waals surface area contributed by atoms with E-state index in [4.69, 9.17) is 5.73 Å². The van der Waals surface area contributed by atoms with Crippen LogP contribution in [0.4, 0.5) is 18.0 Å². The third kappa shape index (κ3) is 4.04. The van der Waals surface area contributed by atoms with Gasteiger partial charge in [0.15, 0.2) is 0 Å². The summed E-state index contributed by atoms with van der Waals surface area (Å²) in [6, 6.07) is -0.462. The number of halogens is 3. The Morgan fingerprint density at radius 3 is 1.76 bits per heavy atom. The lowest BCUT2D eigenvalue weighted by Crippen LogP contribution is -2.52. The molecule has 0 bridgehead atoms. The highest BCUT2D eigenvalue weighted by atomic mass is 19.4. The summed E-state index contributed by atoms with van der Waals surface area (Å²) in [5.41, 5.74) is 5.52. The van der Waals surface area contributed by atoms with Crippen molar-refractivity contribution < 1.29 is 18.0 Å². The van der Waals surface area contributed by atoms with E-state index in [0.717, 1.165) is 25.7 Å². The highest BCUT2D eigenvalue weighted by molar-refractivity contribution is 5.72. The topological polar surface area (TPSA) is 46.3 Å². The van der Waals surface area contributed by atoms with E-state index in [1.54, 1.807) is 4.90 Å². The van der Waals surface area contributed by atoms with E-state index in [-0.39, 0.29) is 24.9 Å². The van der Waals surface area contributed by atoms with Crippen LogP contribution in [0.25, 0.3) is 0 Å². The summed E-state index contributed by atoms with van der Waals surface area (Å²) in [7, 11) is 0. The van der Waals surface area contributed by atoms with E-state index in [1.807, 2.05) is 0 Å². The Hall–Kier alpha value is -0.940. The van der Waals surface area contributed by atoms with Crippen molar-refractivity contribution in [2.75, 3.05) is 0 Å². The first-order valence-electron chi connectivity index (χ1n) is 7.93. The van der Waals surface area contributed by atoms with Crippen molar-refractivity contribution in [2.45, 2.75) is 76.6 Å². The molecule has 122 valence electrons. The van der Waals surface area contributed by atoms with Crippen LogP contribution < -0.4 is 5.73 Å². The maximum atomic E-state index is 12.7. The van der Waals surface area contributed by atoms with Gasteiger partial charge >= 0.3 is 12.2 Å². The lowest BCUT2D eigenvalue weighted by Gasteiger charge is -2.43. The lowest BCUT2D eigenvalue weighted by molar-refractivity contribution is -0.184. The molecule has 2 saturated carbocycles. The van der Waals surface area contributed by atoms with Crippen molar-refractivity contribution >= 4 is 6.03 Å². The average Bonchev–Trinajstić information content (AvgIpc) is 2.40. The van der Waals surface area contributed by atoms with Crippen molar-refractivity contribution in [3.8, 4) is 0 Å². The molecule has 0 aliphatic heterocycles. The number of amides is 2. The quantitative estimate of drug-likeness (QED) is 0.821. The Labute approximate surface area is 124 Å². The van der Waals surface area contributed by atoms with E-state index in [2.05, 4.69) is 6.92 Å². The molecule has 2 fully saturated rings. The SMILES string of the molecule is CC1CCC(N(C(N)=O)C2CCC(C(F)(F)F)CC2)CC1. The Balaban J connectivity index is 1.96. The van der Waals surface area contributed by atoms with Crippen LogP contribution in [-0.2, 0) is 0 Å². The lowest BCUT2D eigenvalue weighted by atomic mass is 9.82. The second-order valence-corrected chi connectivity index (χ2v) is 6.71. The van der Waals surface area contributed by atoms with Crippen LogP contribution in [0.5, 0.6) is 0 Å². The number of hydrogen-bond donors (Lipinski definition) is 1. The van der Waals surface area contributed by atoms with Gasteiger partial charge in [0.25, 0.3) is 0 Å². The van der Waals surface area contributed by atoms with Crippen molar-refractivity contribution in [2.24, 2.45) is 17.6 Å².